The van der Waals surface area contributed by atoms with Crippen molar-refractivity contribution in [1.82, 2.24) is 9.66 Å². The van der Waals surface area contributed by atoms with Crippen LogP contribution in [0, 0.1) is 0 Å². The van der Waals surface area contributed by atoms with Gasteiger partial charge in [0.1, 0.15) is 17.8 Å². The van der Waals surface area contributed by atoms with Gasteiger partial charge in [0, 0.05) is 11.6 Å². The maximum Gasteiger partial charge on any atom is 0.131 e. The van der Waals surface area contributed by atoms with E-state index >= 15 is 0 Å². The van der Waals surface area contributed by atoms with Crippen molar-refractivity contribution in [3.8, 4) is 11.5 Å². The number of rotatable bonds is 3. The molecule has 0 saturated carbocycles. The number of para-hydroxylation sites is 2. The van der Waals surface area contributed by atoms with Gasteiger partial charge in [-0.05, 0) is 24.3 Å². The van der Waals surface area contributed by atoms with Crippen LogP contribution in [-0.2, 0) is 0 Å². The molecule has 0 aliphatic rings. The smallest absolute Gasteiger partial charge is 0.131 e. The number of benzene rings is 2. The molecule has 0 saturated heterocycles. The van der Waals surface area contributed by atoms with Crippen LogP contribution in [0.15, 0.2) is 53.9 Å². The molecule has 5 nitrogen and oxygen atoms in total. The molecule has 1 heterocycles. The second-order valence-corrected chi connectivity index (χ2v) is 4.25. The number of aromatic nitrogens is 2. The molecular weight excluding hydrogens is 254 g/mol. The van der Waals surface area contributed by atoms with Crippen molar-refractivity contribution in [2.75, 3.05) is 7.11 Å². The molecule has 0 fully saturated rings. The fourth-order valence-electron chi connectivity index (χ4n) is 1.97. The van der Waals surface area contributed by atoms with Gasteiger partial charge in [-0.3, -0.25) is 0 Å². The fourth-order valence-corrected chi connectivity index (χ4v) is 1.97. The van der Waals surface area contributed by atoms with Gasteiger partial charge in [0.25, 0.3) is 0 Å². The molecule has 0 bridgehead atoms. The molecule has 0 amide bonds. The van der Waals surface area contributed by atoms with Crippen LogP contribution in [-0.4, -0.2) is 28.1 Å². The van der Waals surface area contributed by atoms with Crippen LogP contribution in [0.4, 0.5) is 0 Å². The molecule has 0 spiro atoms. The lowest BCUT2D eigenvalue weighted by atomic mass is 10.2. The zero-order chi connectivity index (χ0) is 13.9. The van der Waals surface area contributed by atoms with Crippen LogP contribution >= 0.6 is 0 Å². The first-order valence-electron chi connectivity index (χ1n) is 6.11. The quantitative estimate of drug-likeness (QED) is 0.742. The first kappa shape index (κ1) is 12.2. The van der Waals surface area contributed by atoms with Crippen molar-refractivity contribution in [2.45, 2.75) is 0 Å². The molecule has 100 valence electrons. The highest BCUT2D eigenvalue weighted by Crippen LogP contribution is 2.22. The lowest BCUT2D eigenvalue weighted by Crippen LogP contribution is -1.93. The molecule has 20 heavy (non-hydrogen) atoms. The number of aromatic hydroxyl groups is 1. The van der Waals surface area contributed by atoms with E-state index in [2.05, 4.69) is 10.1 Å². The molecular formula is C15H13N3O2. The van der Waals surface area contributed by atoms with Crippen molar-refractivity contribution < 1.29 is 9.84 Å². The average Bonchev–Trinajstić information content (AvgIpc) is 2.89. The van der Waals surface area contributed by atoms with E-state index < -0.39 is 0 Å². The van der Waals surface area contributed by atoms with Gasteiger partial charge >= 0.3 is 0 Å². The molecule has 0 aliphatic carbocycles. The molecule has 0 atom stereocenters. The Labute approximate surface area is 115 Å². The topological polar surface area (TPSA) is 59.6 Å². The van der Waals surface area contributed by atoms with Gasteiger partial charge in [-0.1, -0.05) is 12.1 Å². The van der Waals surface area contributed by atoms with E-state index in [9.17, 15) is 5.11 Å². The molecule has 3 aromatic rings. The zero-order valence-electron chi connectivity index (χ0n) is 10.9. The Bertz CT molecular complexity index is 778. The zero-order valence-corrected chi connectivity index (χ0v) is 10.9. The number of phenols is 1. The Morgan fingerprint density at radius 2 is 2.10 bits per heavy atom. The SMILES string of the molecule is COc1cc(O)ccc1C=Nn1cnc2ccccc21. The van der Waals surface area contributed by atoms with E-state index in [0.29, 0.717) is 5.75 Å². The average molecular weight is 267 g/mol. The van der Waals surface area contributed by atoms with Crippen molar-refractivity contribution in [2.24, 2.45) is 5.10 Å². The van der Waals surface area contributed by atoms with E-state index in [1.54, 1.807) is 42.5 Å². The summed E-state index contributed by atoms with van der Waals surface area (Å²) < 4.78 is 6.90. The van der Waals surface area contributed by atoms with Crippen LogP contribution < -0.4 is 4.74 Å². The summed E-state index contributed by atoms with van der Waals surface area (Å²) in [5.41, 5.74) is 2.60. The normalized spacial score (nSPS) is 11.2. The Hall–Kier alpha value is -2.82. The highest BCUT2D eigenvalue weighted by Gasteiger charge is 2.03. The molecule has 1 N–H and O–H groups in total. The maximum atomic E-state index is 9.42. The Balaban J connectivity index is 1.98. The predicted octanol–water partition coefficient (Wildman–Crippen LogP) is 2.63. The molecule has 2 aromatic carbocycles. The van der Waals surface area contributed by atoms with Gasteiger partial charge in [-0.15, -0.1) is 0 Å². The van der Waals surface area contributed by atoms with Gasteiger partial charge in [0.05, 0.1) is 24.4 Å². The highest BCUT2D eigenvalue weighted by atomic mass is 16.5. The van der Waals surface area contributed by atoms with Gasteiger partial charge in [0.2, 0.25) is 0 Å². The van der Waals surface area contributed by atoms with E-state index in [4.69, 9.17) is 4.74 Å². The van der Waals surface area contributed by atoms with Crippen LogP contribution in [0.25, 0.3) is 11.0 Å². The van der Waals surface area contributed by atoms with Crippen LogP contribution in [0.2, 0.25) is 0 Å². The van der Waals surface area contributed by atoms with Gasteiger partial charge in [0.15, 0.2) is 0 Å². The Morgan fingerprint density at radius 3 is 2.95 bits per heavy atom. The minimum atomic E-state index is 0.159. The number of nitrogens with zero attached hydrogens (tertiary/aromatic N) is 3. The van der Waals surface area contributed by atoms with Crippen LogP contribution in [0.3, 0.4) is 0 Å². The highest BCUT2D eigenvalue weighted by molar-refractivity contribution is 5.84. The summed E-state index contributed by atoms with van der Waals surface area (Å²) >= 11 is 0. The lowest BCUT2D eigenvalue weighted by molar-refractivity contribution is 0.407. The second kappa shape index (κ2) is 5.05. The largest absolute Gasteiger partial charge is 0.508 e. The number of imidazole rings is 1. The van der Waals surface area contributed by atoms with E-state index in [-0.39, 0.29) is 5.75 Å². The minimum absolute atomic E-state index is 0.159. The third kappa shape index (κ3) is 2.21. The number of phenolic OH excluding ortho intramolecular Hbond substituents is 1. The summed E-state index contributed by atoms with van der Waals surface area (Å²) in [4.78, 5) is 4.27. The molecule has 1 aromatic heterocycles. The summed E-state index contributed by atoms with van der Waals surface area (Å²) in [5.74, 6) is 0.727. The Morgan fingerprint density at radius 1 is 1.25 bits per heavy atom. The van der Waals surface area contributed by atoms with Crippen molar-refractivity contribution in [1.29, 1.82) is 0 Å². The second-order valence-electron chi connectivity index (χ2n) is 4.25. The number of ether oxygens (including phenoxy) is 1. The van der Waals surface area contributed by atoms with Crippen LogP contribution in [0.1, 0.15) is 5.56 Å². The summed E-state index contributed by atoms with van der Waals surface area (Å²) in [6, 6.07) is 12.7. The first-order valence-corrected chi connectivity index (χ1v) is 6.11. The number of fused-ring (bicyclic) bond motifs is 1. The molecule has 0 radical (unpaired) electrons. The summed E-state index contributed by atoms with van der Waals surface area (Å²) in [5, 5.41) is 13.8. The lowest BCUT2D eigenvalue weighted by Gasteiger charge is -2.04. The number of hydrogen-bond donors (Lipinski definition) is 1. The number of methoxy groups -OCH3 is 1. The molecule has 5 heteroatoms. The minimum Gasteiger partial charge on any atom is -0.508 e. The Kier molecular flexibility index (Phi) is 3.09. The van der Waals surface area contributed by atoms with Gasteiger partial charge in [-0.2, -0.15) is 5.10 Å². The molecule has 3 rings (SSSR count). The third-order valence-electron chi connectivity index (χ3n) is 2.97. The fraction of sp³-hybridized carbons (Fsp3) is 0.0667. The standard InChI is InChI=1S/C15H13N3O2/c1-20-15-8-12(19)7-6-11(15)9-17-18-10-16-13-4-2-3-5-14(13)18/h2-10,19H,1H3. The van der Waals surface area contributed by atoms with Gasteiger partial charge < -0.3 is 9.84 Å². The van der Waals surface area contributed by atoms with Crippen molar-refractivity contribution >= 4 is 17.2 Å². The maximum absolute atomic E-state index is 9.42. The summed E-state index contributed by atoms with van der Waals surface area (Å²) in [7, 11) is 1.55. The first-order chi connectivity index (χ1) is 9.78. The van der Waals surface area contributed by atoms with Crippen LogP contribution in [0.5, 0.6) is 11.5 Å². The third-order valence-corrected chi connectivity index (χ3v) is 2.97. The van der Waals surface area contributed by atoms with Crippen molar-refractivity contribution in [3.63, 3.8) is 0 Å². The predicted molar refractivity (Wildman–Crippen MR) is 77.4 cm³/mol. The van der Waals surface area contributed by atoms with E-state index in [1.807, 2.05) is 24.3 Å². The van der Waals surface area contributed by atoms with E-state index in [1.165, 1.54) is 0 Å². The molecule has 0 unspecified atom stereocenters. The monoisotopic (exact) mass is 267 g/mol. The summed E-state index contributed by atoms with van der Waals surface area (Å²) in [6.45, 7) is 0. The van der Waals surface area contributed by atoms with E-state index in [0.717, 1.165) is 16.6 Å². The van der Waals surface area contributed by atoms with Gasteiger partial charge in [-0.25, -0.2) is 9.66 Å². The molecule has 0 aliphatic heterocycles. The number of hydrogen-bond acceptors (Lipinski definition) is 4. The van der Waals surface area contributed by atoms with Crippen molar-refractivity contribution in [3.05, 3.63) is 54.4 Å². The summed E-state index contributed by atoms with van der Waals surface area (Å²) in [6.07, 6.45) is 3.33.